The van der Waals surface area contributed by atoms with Crippen molar-refractivity contribution in [1.82, 2.24) is 15.1 Å². The van der Waals surface area contributed by atoms with Crippen molar-refractivity contribution in [2.24, 2.45) is 0 Å². The summed E-state index contributed by atoms with van der Waals surface area (Å²) in [4.78, 5) is 0. The molecule has 0 bridgehead atoms. The van der Waals surface area contributed by atoms with E-state index in [9.17, 15) is 0 Å². The summed E-state index contributed by atoms with van der Waals surface area (Å²) < 4.78 is 1.71. The molecule has 3 nitrogen and oxygen atoms in total. The Bertz CT molecular complexity index is 299. The molecule has 1 aromatic heterocycles. The predicted molar refractivity (Wildman–Crippen MR) is 59.8 cm³/mol. The van der Waals surface area contributed by atoms with Gasteiger partial charge in [0.2, 0.25) is 0 Å². The number of nitrogens with one attached hydrogen (secondary N) is 1. The number of nitrogens with zero attached hydrogens (tertiary/aromatic N) is 2. The average Bonchev–Trinajstić information content (AvgIpc) is 2.65. The fourth-order valence-corrected chi connectivity index (χ4v) is 1.15. The zero-order valence-electron chi connectivity index (χ0n) is 8.61. The monoisotopic (exact) mass is 191 g/mol. The van der Waals surface area contributed by atoms with Gasteiger partial charge >= 0.3 is 0 Å². The SMILES string of the molecule is C=Cn1cc(CNCC/C=C/C)cn1. The second-order valence-corrected chi connectivity index (χ2v) is 3.05. The molecule has 0 aromatic carbocycles. The average molecular weight is 191 g/mol. The molecule has 1 N–H and O–H groups in total. The van der Waals surface area contributed by atoms with Crippen LogP contribution >= 0.6 is 0 Å². The standard InChI is InChI=1S/C11H17N3/c1-3-5-6-7-12-8-11-9-13-14(4-2)10-11/h3-5,9-10,12H,2,6-8H2,1H3/b5-3+. The molecule has 1 heterocycles. The van der Waals surface area contributed by atoms with E-state index in [2.05, 4.69) is 29.1 Å². The van der Waals surface area contributed by atoms with E-state index in [0.29, 0.717) is 0 Å². The number of rotatable bonds is 6. The number of hydrogen-bond donors (Lipinski definition) is 1. The molecule has 0 aliphatic rings. The van der Waals surface area contributed by atoms with Crippen LogP contribution in [0.4, 0.5) is 0 Å². The van der Waals surface area contributed by atoms with Gasteiger partial charge in [0.05, 0.1) is 6.20 Å². The Morgan fingerprint density at radius 1 is 1.64 bits per heavy atom. The van der Waals surface area contributed by atoms with Crippen molar-refractivity contribution in [1.29, 1.82) is 0 Å². The van der Waals surface area contributed by atoms with Crippen LogP contribution in [0.15, 0.2) is 31.1 Å². The summed E-state index contributed by atoms with van der Waals surface area (Å²) in [6.07, 6.45) is 10.8. The minimum atomic E-state index is 0.866. The summed E-state index contributed by atoms with van der Waals surface area (Å²) in [5.74, 6) is 0. The van der Waals surface area contributed by atoms with Gasteiger partial charge in [-0.15, -0.1) is 0 Å². The van der Waals surface area contributed by atoms with E-state index in [4.69, 9.17) is 0 Å². The first kappa shape index (κ1) is 10.7. The van der Waals surface area contributed by atoms with Crippen molar-refractivity contribution in [3.05, 3.63) is 36.7 Å². The van der Waals surface area contributed by atoms with Gasteiger partial charge in [-0.25, -0.2) is 4.68 Å². The Morgan fingerprint density at radius 3 is 3.14 bits per heavy atom. The van der Waals surface area contributed by atoms with Crippen molar-refractivity contribution >= 4 is 6.20 Å². The summed E-state index contributed by atoms with van der Waals surface area (Å²) in [5.41, 5.74) is 1.19. The van der Waals surface area contributed by atoms with Gasteiger partial charge < -0.3 is 5.32 Å². The molecule has 14 heavy (non-hydrogen) atoms. The zero-order valence-corrected chi connectivity index (χ0v) is 8.61. The number of allylic oxidation sites excluding steroid dienone is 1. The summed E-state index contributed by atoms with van der Waals surface area (Å²) in [5, 5.41) is 7.43. The van der Waals surface area contributed by atoms with Crippen molar-refractivity contribution in [3.8, 4) is 0 Å². The molecular formula is C11H17N3. The molecule has 3 heteroatoms. The number of aromatic nitrogens is 2. The van der Waals surface area contributed by atoms with Crippen LogP contribution in [0, 0.1) is 0 Å². The van der Waals surface area contributed by atoms with Crippen LogP contribution in [0.5, 0.6) is 0 Å². The fourth-order valence-electron chi connectivity index (χ4n) is 1.15. The van der Waals surface area contributed by atoms with E-state index in [1.807, 2.05) is 19.3 Å². The van der Waals surface area contributed by atoms with Crippen molar-refractivity contribution < 1.29 is 0 Å². The van der Waals surface area contributed by atoms with Gasteiger partial charge in [-0.05, 0) is 19.9 Å². The highest BCUT2D eigenvalue weighted by molar-refractivity contribution is 5.17. The Morgan fingerprint density at radius 2 is 2.50 bits per heavy atom. The summed E-state index contributed by atoms with van der Waals surface area (Å²) in [6, 6.07) is 0. The highest BCUT2D eigenvalue weighted by Gasteiger charge is 1.94. The normalized spacial score (nSPS) is 10.9. The van der Waals surface area contributed by atoms with Crippen LogP contribution in [0.1, 0.15) is 18.9 Å². The Hall–Kier alpha value is -1.35. The van der Waals surface area contributed by atoms with Crippen molar-refractivity contribution in [2.75, 3.05) is 6.54 Å². The maximum Gasteiger partial charge on any atom is 0.0538 e. The Labute approximate surface area is 85.1 Å². The zero-order chi connectivity index (χ0) is 10.2. The Kier molecular flexibility index (Phi) is 4.72. The first-order chi connectivity index (χ1) is 6.86. The number of hydrogen-bond acceptors (Lipinski definition) is 2. The molecular weight excluding hydrogens is 174 g/mol. The van der Waals surface area contributed by atoms with Gasteiger partial charge in [-0.3, -0.25) is 0 Å². The smallest absolute Gasteiger partial charge is 0.0538 e. The van der Waals surface area contributed by atoms with E-state index in [1.54, 1.807) is 10.9 Å². The summed E-state index contributed by atoms with van der Waals surface area (Å²) in [7, 11) is 0. The molecule has 0 atom stereocenters. The lowest BCUT2D eigenvalue weighted by atomic mass is 10.3. The first-order valence-electron chi connectivity index (χ1n) is 4.84. The molecule has 76 valence electrons. The van der Waals surface area contributed by atoms with Crippen LogP contribution in [-0.4, -0.2) is 16.3 Å². The highest BCUT2D eigenvalue weighted by Crippen LogP contribution is 1.96. The first-order valence-corrected chi connectivity index (χ1v) is 4.84. The van der Waals surface area contributed by atoms with E-state index >= 15 is 0 Å². The lowest BCUT2D eigenvalue weighted by molar-refractivity contribution is 0.695. The van der Waals surface area contributed by atoms with Crippen LogP contribution in [-0.2, 0) is 6.54 Å². The molecule has 0 unspecified atom stereocenters. The molecule has 0 aliphatic carbocycles. The maximum absolute atomic E-state index is 4.09. The maximum atomic E-state index is 4.09. The summed E-state index contributed by atoms with van der Waals surface area (Å²) in [6.45, 7) is 7.54. The third kappa shape index (κ3) is 3.58. The lowest BCUT2D eigenvalue weighted by Gasteiger charge is -1.98. The van der Waals surface area contributed by atoms with E-state index < -0.39 is 0 Å². The van der Waals surface area contributed by atoms with E-state index in [-0.39, 0.29) is 0 Å². The molecule has 1 rings (SSSR count). The van der Waals surface area contributed by atoms with Gasteiger partial charge in [-0.1, -0.05) is 18.7 Å². The minimum Gasteiger partial charge on any atom is -0.312 e. The lowest BCUT2D eigenvalue weighted by Crippen LogP contribution is -2.13. The van der Waals surface area contributed by atoms with E-state index in [1.165, 1.54) is 5.56 Å². The molecule has 0 amide bonds. The van der Waals surface area contributed by atoms with Gasteiger partial charge in [0, 0.05) is 24.5 Å². The molecule has 0 spiro atoms. The molecule has 0 fully saturated rings. The van der Waals surface area contributed by atoms with Gasteiger partial charge in [0.1, 0.15) is 0 Å². The van der Waals surface area contributed by atoms with Crippen LogP contribution < -0.4 is 5.32 Å². The second-order valence-electron chi connectivity index (χ2n) is 3.05. The molecule has 0 radical (unpaired) electrons. The third-order valence-electron chi connectivity index (χ3n) is 1.89. The van der Waals surface area contributed by atoms with Crippen molar-refractivity contribution in [2.45, 2.75) is 19.9 Å². The molecule has 0 saturated heterocycles. The molecule has 0 saturated carbocycles. The quantitative estimate of drug-likeness (QED) is 0.551. The second kappa shape index (κ2) is 6.16. The topological polar surface area (TPSA) is 29.9 Å². The minimum absolute atomic E-state index is 0.866. The highest BCUT2D eigenvalue weighted by atomic mass is 15.2. The van der Waals surface area contributed by atoms with Crippen LogP contribution in [0.25, 0.3) is 6.20 Å². The third-order valence-corrected chi connectivity index (χ3v) is 1.89. The Balaban J connectivity index is 2.21. The van der Waals surface area contributed by atoms with Crippen molar-refractivity contribution in [3.63, 3.8) is 0 Å². The van der Waals surface area contributed by atoms with E-state index in [0.717, 1.165) is 19.5 Å². The fraction of sp³-hybridized carbons (Fsp3) is 0.364. The predicted octanol–water partition coefficient (Wildman–Crippen LogP) is 2.04. The largest absolute Gasteiger partial charge is 0.312 e. The van der Waals surface area contributed by atoms with Crippen LogP contribution in [0.2, 0.25) is 0 Å². The van der Waals surface area contributed by atoms with Gasteiger partial charge in [0.15, 0.2) is 0 Å². The summed E-state index contributed by atoms with van der Waals surface area (Å²) >= 11 is 0. The van der Waals surface area contributed by atoms with Crippen LogP contribution in [0.3, 0.4) is 0 Å². The van der Waals surface area contributed by atoms with Gasteiger partial charge in [0.25, 0.3) is 0 Å². The molecule has 0 aliphatic heterocycles. The van der Waals surface area contributed by atoms with Gasteiger partial charge in [-0.2, -0.15) is 5.10 Å². The molecule has 1 aromatic rings.